The van der Waals surface area contributed by atoms with Crippen molar-refractivity contribution in [1.29, 1.82) is 5.26 Å². The van der Waals surface area contributed by atoms with Crippen molar-refractivity contribution in [3.8, 4) is 11.8 Å². The van der Waals surface area contributed by atoms with Crippen molar-refractivity contribution in [2.45, 2.75) is 32.0 Å². The Labute approximate surface area is 175 Å². The van der Waals surface area contributed by atoms with Gasteiger partial charge in [-0.15, -0.1) is 0 Å². The smallest absolute Gasteiger partial charge is 0.387 e. The predicted octanol–water partition coefficient (Wildman–Crippen LogP) is 3.49. The number of nitrogens with one attached hydrogen (secondary N) is 2. The van der Waals surface area contributed by atoms with E-state index in [-0.39, 0.29) is 11.8 Å². The number of alkyl halides is 2. The van der Waals surface area contributed by atoms with E-state index in [1.54, 1.807) is 43.4 Å². The molecule has 0 saturated carbocycles. The molecule has 2 N–H and O–H groups in total. The largest absolute Gasteiger partial charge is 0.435 e. The number of halogens is 2. The van der Waals surface area contributed by atoms with Crippen LogP contribution in [0.4, 0.5) is 14.5 Å². The highest BCUT2D eigenvalue weighted by Crippen LogP contribution is 2.23. The van der Waals surface area contributed by atoms with Crippen molar-refractivity contribution in [1.82, 2.24) is 10.6 Å². The van der Waals surface area contributed by atoms with Crippen LogP contribution >= 0.6 is 0 Å². The Bertz CT molecular complexity index is 878. The third-order valence-corrected chi connectivity index (χ3v) is 4.96. The monoisotopic (exact) mass is 413 g/mol. The van der Waals surface area contributed by atoms with Crippen molar-refractivity contribution in [3.05, 3.63) is 59.7 Å². The Morgan fingerprint density at radius 2 is 1.97 bits per heavy atom. The summed E-state index contributed by atoms with van der Waals surface area (Å²) in [5, 5.41) is 15.6. The van der Waals surface area contributed by atoms with Crippen LogP contribution in [0.3, 0.4) is 0 Å². The van der Waals surface area contributed by atoms with Crippen molar-refractivity contribution in [3.63, 3.8) is 0 Å². The summed E-state index contributed by atoms with van der Waals surface area (Å²) in [6, 6.07) is 16.5. The highest BCUT2D eigenvalue weighted by molar-refractivity contribution is 5.80. The van der Waals surface area contributed by atoms with Gasteiger partial charge in [0.05, 0.1) is 11.6 Å². The number of rotatable bonds is 6. The molecule has 1 heterocycles. The number of nitriles is 1. The number of nitrogens with zero attached hydrogens (tertiary/aromatic N) is 3. The van der Waals surface area contributed by atoms with E-state index in [9.17, 15) is 8.78 Å². The quantitative estimate of drug-likeness (QED) is 0.560. The summed E-state index contributed by atoms with van der Waals surface area (Å²) in [5.41, 5.74) is 2.68. The van der Waals surface area contributed by atoms with E-state index in [1.807, 2.05) is 12.1 Å². The molecule has 0 amide bonds. The Morgan fingerprint density at radius 1 is 1.23 bits per heavy atom. The number of benzene rings is 2. The van der Waals surface area contributed by atoms with Gasteiger partial charge in [0.25, 0.3) is 0 Å². The van der Waals surface area contributed by atoms with E-state index in [4.69, 9.17) is 5.26 Å². The molecule has 0 aromatic heterocycles. The number of piperidine rings is 1. The third kappa shape index (κ3) is 6.08. The van der Waals surface area contributed by atoms with Gasteiger partial charge in [-0.05, 0) is 54.8 Å². The number of anilines is 1. The van der Waals surface area contributed by atoms with Crippen molar-refractivity contribution in [2.75, 3.05) is 25.0 Å². The van der Waals surface area contributed by atoms with Crippen LogP contribution in [0.15, 0.2) is 53.5 Å². The minimum Gasteiger partial charge on any atom is -0.435 e. The zero-order chi connectivity index (χ0) is 21.3. The molecule has 0 spiro atoms. The highest BCUT2D eigenvalue weighted by Gasteiger charge is 2.21. The summed E-state index contributed by atoms with van der Waals surface area (Å²) in [5.74, 6) is 0.875. The van der Waals surface area contributed by atoms with E-state index < -0.39 is 6.61 Å². The summed E-state index contributed by atoms with van der Waals surface area (Å²) in [6.45, 7) is -0.521. The number of ether oxygens (including phenoxy) is 1. The third-order valence-electron chi connectivity index (χ3n) is 4.96. The van der Waals surface area contributed by atoms with Crippen LogP contribution in [0.25, 0.3) is 0 Å². The van der Waals surface area contributed by atoms with Gasteiger partial charge in [0, 0.05) is 38.4 Å². The van der Waals surface area contributed by atoms with Gasteiger partial charge in [0.15, 0.2) is 5.96 Å². The van der Waals surface area contributed by atoms with Crippen molar-refractivity contribution >= 4 is 11.6 Å². The minimum atomic E-state index is -2.82. The SMILES string of the molecule is CN=C(NCc1ccc(C#N)cc1)NC1CCCN(c2ccc(OC(F)F)cc2)C1. The molecule has 1 unspecified atom stereocenters. The standard InChI is InChI=1S/C22H25F2N5O/c1-26-22(27-14-17-6-4-16(13-25)5-7-17)28-18-3-2-12-29(15-18)19-8-10-20(11-9-19)30-21(23)24/h4-11,18,21H,2-3,12,14-15H2,1H3,(H2,26,27,28). The molecular weight excluding hydrogens is 388 g/mol. The van der Waals surface area contributed by atoms with E-state index in [0.29, 0.717) is 18.1 Å². The fourth-order valence-corrected chi connectivity index (χ4v) is 3.44. The highest BCUT2D eigenvalue weighted by atomic mass is 19.3. The number of hydrogen-bond acceptors (Lipinski definition) is 4. The van der Waals surface area contributed by atoms with Gasteiger partial charge in [-0.3, -0.25) is 4.99 Å². The molecule has 6 nitrogen and oxygen atoms in total. The first kappa shape index (κ1) is 21.4. The van der Waals surface area contributed by atoms with Gasteiger partial charge in [0.1, 0.15) is 5.75 Å². The second-order valence-electron chi connectivity index (χ2n) is 7.04. The summed E-state index contributed by atoms with van der Waals surface area (Å²) >= 11 is 0. The van der Waals surface area contributed by atoms with Crippen LogP contribution in [-0.4, -0.2) is 38.8 Å². The van der Waals surface area contributed by atoms with Gasteiger partial charge in [0.2, 0.25) is 0 Å². The molecule has 1 fully saturated rings. The van der Waals surface area contributed by atoms with E-state index in [0.717, 1.165) is 37.2 Å². The molecule has 1 aliphatic heterocycles. The summed E-state index contributed by atoms with van der Waals surface area (Å²) in [6.07, 6.45) is 2.03. The zero-order valence-electron chi connectivity index (χ0n) is 16.8. The zero-order valence-corrected chi connectivity index (χ0v) is 16.8. The first-order valence-corrected chi connectivity index (χ1v) is 9.83. The first-order chi connectivity index (χ1) is 14.6. The lowest BCUT2D eigenvalue weighted by Crippen LogP contribution is -2.51. The summed E-state index contributed by atoms with van der Waals surface area (Å²) in [4.78, 5) is 6.53. The Hall–Kier alpha value is -3.34. The lowest BCUT2D eigenvalue weighted by Gasteiger charge is -2.35. The van der Waals surface area contributed by atoms with Crippen LogP contribution in [0.1, 0.15) is 24.0 Å². The number of hydrogen-bond donors (Lipinski definition) is 2. The topological polar surface area (TPSA) is 72.7 Å². The molecule has 2 aromatic rings. The Kier molecular flexibility index (Phi) is 7.44. The molecule has 0 bridgehead atoms. The number of guanidine groups is 1. The second-order valence-corrected chi connectivity index (χ2v) is 7.04. The number of aliphatic imine (C=N–C) groups is 1. The van der Waals surface area contributed by atoms with Crippen LogP contribution < -0.4 is 20.3 Å². The van der Waals surface area contributed by atoms with Crippen molar-refractivity contribution < 1.29 is 13.5 Å². The second kappa shape index (κ2) is 10.4. The van der Waals surface area contributed by atoms with Gasteiger partial charge in [-0.2, -0.15) is 14.0 Å². The predicted molar refractivity (Wildman–Crippen MR) is 113 cm³/mol. The molecule has 30 heavy (non-hydrogen) atoms. The summed E-state index contributed by atoms with van der Waals surface area (Å²) in [7, 11) is 1.73. The van der Waals surface area contributed by atoms with Crippen LogP contribution in [0, 0.1) is 11.3 Å². The maximum atomic E-state index is 12.3. The maximum Gasteiger partial charge on any atom is 0.387 e. The van der Waals surface area contributed by atoms with Gasteiger partial charge >= 0.3 is 6.61 Å². The average Bonchev–Trinajstić information content (AvgIpc) is 2.77. The lowest BCUT2D eigenvalue weighted by atomic mass is 10.0. The Morgan fingerprint density at radius 3 is 2.60 bits per heavy atom. The molecule has 2 aromatic carbocycles. The molecule has 8 heteroatoms. The van der Waals surface area contributed by atoms with E-state index >= 15 is 0 Å². The van der Waals surface area contributed by atoms with Crippen LogP contribution in [0.2, 0.25) is 0 Å². The fraction of sp³-hybridized carbons (Fsp3) is 0.364. The molecular formula is C22H25F2N5O. The van der Waals surface area contributed by atoms with E-state index in [2.05, 4.69) is 31.3 Å². The molecule has 0 radical (unpaired) electrons. The van der Waals surface area contributed by atoms with Crippen LogP contribution in [0.5, 0.6) is 5.75 Å². The Balaban J connectivity index is 1.53. The molecule has 1 atom stereocenters. The molecule has 1 saturated heterocycles. The maximum absolute atomic E-state index is 12.3. The van der Waals surface area contributed by atoms with Gasteiger partial charge < -0.3 is 20.3 Å². The normalized spacial score (nSPS) is 16.8. The van der Waals surface area contributed by atoms with Gasteiger partial charge in [-0.1, -0.05) is 12.1 Å². The van der Waals surface area contributed by atoms with E-state index in [1.165, 1.54) is 0 Å². The average molecular weight is 413 g/mol. The summed E-state index contributed by atoms with van der Waals surface area (Å²) < 4.78 is 29.0. The van der Waals surface area contributed by atoms with Crippen molar-refractivity contribution in [2.24, 2.45) is 4.99 Å². The minimum absolute atomic E-state index is 0.160. The molecule has 158 valence electrons. The van der Waals surface area contributed by atoms with Crippen LogP contribution in [-0.2, 0) is 6.54 Å². The fourth-order valence-electron chi connectivity index (χ4n) is 3.44. The molecule has 1 aliphatic rings. The molecule has 3 rings (SSSR count). The molecule has 0 aliphatic carbocycles. The first-order valence-electron chi connectivity index (χ1n) is 9.83. The van der Waals surface area contributed by atoms with Gasteiger partial charge in [-0.25, -0.2) is 0 Å². The lowest BCUT2D eigenvalue weighted by molar-refractivity contribution is -0.0498.